The van der Waals surface area contributed by atoms with Crippen molar-refractivity contribution >= 4 is 51.8 Å². The Labute approximate surface area is 210 Å². The van der Waals surface area contributed by atoms with Crippen molar-refractivity contribution in [1.82, 2.24) is 0 Å². The van der Waals surface area contributed by atoms with Crippen molar-refractivity contribution in [2.75, 3.05) is 0 Å². The number of hydrogen-bond acceptors (Lipinski definition) is 5. The number of rotatable bonds is 6. The number of alkyl halides is 3. The fourth-order valence-electron chi connectivity index (χ4n) is 3.28. The fraction of sp³-hybridized carbons (Fsp3) is 0.375. The Morgan fingerprint density at radius 1 is 0.971 bits per heavy atom. The van der Waals surface area contributed by atoms with Crippen molar-refractivity contribution < 1.29 is 32.3 Å². The van der Waals surface area contributed by atoms with E-state index in [1.54, 1.807) is 27.7 Å². The van der Waals surface area contributed by atoms with Gasteiger partial charge in [-0.25, -0.2) is 4.79 Å². The average molecular weight is 535 g/mol. The molecule has 0 amide bonds. The molecule has 0 saturated carbocycles. The number of esters is 1. The Kier molecular flexibility index (Phi) is 8.55. The van der Waals surface area contributed by atoms with Crippen molar-refractivity contribution in [2.45, 2.75) is 57.6 Å². The molecule has 1 atom stereocenters. The van der Waals surface area contributed by atoms with Crippen LogP contribution in [-0.4, -0.2) is 28.6 Å². The highest BCUT2D eigenvalue weighted by Crippen LogP contribution is 2.53. The Hall–Kier alpha value is -2.03. The van der Waals surface area contributed by atoms with Gasteiger partial charge in [-0.1, -0.05) is 41.0 Å². The highest BCUT2D eigenvalue weighted by Gasteiger charge is 2.58. The highest BCUT2D eigenvalue weighted by molar-refractivity contribution is 8.14. The van der Waals surface area contributed by atoms with Crippen molar-refractivity contribution in [3.8, 4) is 0 Å². The molecule has 0 aliphatic heterocycles. The molecule has 4 nitrogen and oxygen atoms in total. The van der Waals surface area contributed by atoms with Crippen LogP contribution >= 0.6 is 35.0 Å². The SMILES string of the molecule is CC(=O)SC(CC(=O)c1ccc(C(=O)OC(C)(C)C)c(C)c1)(c1cc(Cl)cc(Cl)c1)C(F)(F)F. The maximum absolute atomic E-state index is 14.5. The van der Waals surface area contributed by atoms with Gasteiger partial charge in [0, 0.05) is 29.0 Å². The monoisotopic (exact) mass is 534 g/mol. The molecular formula is C24H23Cl2F3O4S. The second-order valence-electron chi connectivity index (χ2n) is 8.71. The van der Waals surface area contributed by atoms with Gasteiger partial charge in [0.15, 0.2) is 15.6 Å². The molecule has 10 heteroatoms. The molecule has 0 fully saturated rings. The molecule has 2 aromatic carbocycles. The number of thioether (sulfide) groups is 1. The van der Waals surface area contributed by atoms with Gasteiger partial charge in [0.1, 0.15) is 5.60 Å². The lowest BCUT2D eigenvalue weighted by Crippen LogP contribution is -2.42. The van der Waals surface area contributed by atoms with Crippen molar-refractivity contribution in [1.29, 1.82) is 0 Å². The Morgan fingerprint density at radius 2 is 1.53 bits per heavy atom. The van der Waals surface area contributed by atoms with Gasteiger partial charge in [-0.05, 0) is 69.2 Å². The van der Waals surface area contributed by atoms with E-state index in [2.05, 4.69) is 0 Å². The molecule has 0 radical (unpaired) electrons. The van der Waals surface area contributed by atoms with Gasteiger partial charge in [-0.15, -0.1) is 0 Å². The van der Waals surface area contributed by atoms with Crippen LogP contribution in [0.4, 0.5) is 13.2 Å². The Bertz CT molecular complexity index is 1110. The van der Waals surface area contributed by atoms with Crippen LogP contribution in [0.1, 0.15) is 66.0 Å². The third kappa shape index (κ3) is 6.77. The van der Waals surface area contributed by atoms with E-state index in [9.17, 15) is 27.6 Å². The van der Waals surface area contributed by atoms with E-state index in [0.717, 1.165) is 19.1 Å². The first-order valence-electron chi connectivity index (χ1n) is 10.1. The van der Waals surface area contributed by atoms with E-state index in [-0.39, 0.29) is 32.9 Å². The van der Waals surface area contributed by atoms with Crippen LogP contribution in [0.3, 0.4) is 0 Å². The lowest BCUT2D eigenvalue weighted by atomic mass is 9.89. The van der Waals surface area contributed by atoms with E-state index in [1.807, 2.05) is 0 Å². The molecule has 0 aromatic heterocycles. The Balaban J connectivity index is 2.53. The summed E-state index contributed by atoms with van der Waals surface area (Å²) in [5, 5.41) is -0.965. The molecule has 2 rings (SSSR count). The van der Waals surface area contributed by atoms with Crippen LogP contribution in [0.5, 0.6) is 0 Å². The summed E-state index contributed by atoms with van der Waals surface area (Å²) in [6.45, 7) is 7.63. The lowest BCUT2D eigenvalue weighted by molar-refractivity contribution is -0.162. The van der Waals surface area contributed by atoms with Crippen LogP contribution in [0.2, 0.25) is 10.0 Å². The first-order valence-corrected chi connectivity index (χ1v) is 11.6. The number of benzene rings is 2. The van der Waals surface area contributed by atoms with Crippen molar-refractivity contribution in [2.24, 2.45) is 0 Å². The van der Waals surface area contributed by atoms with E-state index in [1.165, 1.54) is 24.3 Å². The summed E-state index contributed by atoms with van der Waals surface area (Å²) in [5.74, 6) is -1.49. The summed E-state index contributed by atoms with van der Waals surface area (Å²) >= 11 is 11.9. The first-order chi connectivity index (χ1) is 15.4. The minimum absolute atomic E-state index is 0.0101. The lowest BCUT2D eigenvalue weighted by Gasteiger charge is -2.34. The summed E-state index contributed by atoms with van der Waals surface area (Å²) in [6.07, 6.45) is -6.08. The molecule has 0 aliphatic carbocycles. The smallest absolute Gasteiger partial charge is 0.408 e. The normalized spacial score (nSPS) is 13.8. The first kappa shape index (κ1) is 28.2. The molecule has 0 bridgehead atoms. The molecule has 0 spiro atoms. The summed E-state index contributed by atoms with van der Waals surface area (Å²) in [7, 11) is 0. The topological polar surface area (TPSA) is 60.4 Å². The minimum Gasteiger partial charge on any atom is -0.456 e. The van der Waals surface area contributed by atoms with Crippen LogP contribution in [-0.2, 0) is 14.3 Å². The number of ether oxygens (including phenoxy) is 1. The second kappa shape index (κ2) is 10.3. The number of halogens is 5. The molecule has 0 N–H and O–H groups in total. The van der Waals surface area contributed by atoms with Gasteiger partial charge < -0.3 is 4.74 Å². The minimum atomic E-state index is -5.00. The summed E-state index contributed by atoms with van der Waals surface area (Å²) in [5.41, 5.74) is -0.646. The number of Topliss-reactive ketones (excluding diaryl/α,β-unsaturated/α-hetero) is 1. The zero-order valence-corrected chi connectivity index (χ0v) is 21.4. The zero-order valence-electron chi connectivity index (χ0n) is 19.1. The fourth-order valence-corrected chi connectivity index (χ4v) is 4.85. The van der Waals surface area contributed by atoms with Gasteiger partial charge in [-0.3, -0.25) is 9.59 Å². The molecule has 1 unspecified atom stereocenters. The summed E-state index contributed by atoms with van der Waals surface area (Å²) in [4.78, 5) is 37.3. The molecule has 184 valence electrons. The van der Waals surface area contributed by atoms with E-state index in [0.29, 0.717) is 5.56 Å². The van der Waals surface area contributed by atoms with E-state index < -0.39 is 45.4 Å². The maximum atomic E-state index is 14.5. The third-order valence-electron chi connectivity index (χ3n) is 4.68. The Morgan fingerprint density at radius 3 is 1.97 bits per heavy atom. The van der Waals surface area contributed by atoms with Crippen LogP contribution < -0.4 is 0 Å². The molecule has 0 saturated heterocycles. The van der Waals surface area contributed by atoms with Crippen LogP contribution in [0, 0.1) is 6.92 Å². The van der Waals surface area contributed by atoms with Crippen LogP contribution in [0.15, 0.2) is 36.4 Å². The van der Waals surface area contributed by atoms with Gasteiger partial charge in [0.2, 0.25) is 0 Å². The van der Waals surface area contributed by atoms with Gasteiger partial charge in [-0.2, -0.15) is 13.2 Å². The van der Waals surface area contributed by atoms with E-state index >= 15 is 0 Å². The van der Waals surface area contributed by atoms with Crippen molar-refractivity contribution in [3.63, 3.8) is 0 Å². The predicted molar refractivity (Wildman–Crippen MR) is 128 cm³/mol. The molecule has 34 heavy (non-hydrogen) atoms. The summed E-state index contributed by atoms with van der Waals surface area (Å²) in [6, 6.07) is 7.26. The quantitative estimate of drug-likeness (QED) is 0.282. The van der Waals surface area contributed by atoms with Crippen LogP contribution in [0.25, 0.3) is 0 Å². The third-order valence-corrected chi connectivity index (χ3v) is 6.37. The molecule has 0 heterocycles. The second-order valence-corrected chi connectivity index (χ2v) is 11.1. The number of hydrogen-bond donors (Lipinski definition) is 0. The predicted octanol–water partition coefficient (Wildman–Crippen LogP) is 7.57. The van der Waals surface area contributed by atoms with E-state index in [4.69, 9.17) is 27.9 Å². The molecule has 2 aromatic rings. The standard InChI is InChI=1S/C24H23Cl2F3O4S/c1-13-8-15(6-7-19(13)21(32)33-22(3,4)5)20(31)12-23(24(27,28)29,34-14(2)30)16-9-17(25)11-18(26)10-16/h6-11H,12H2,1-5H3. The van der Waals surface area contributed by atoms with Crippen molar-refractivity contribution in [3.05, 3.63) is 68.7 Å². The van der Waals surface area contributed by atoms with Gasteiger partial charge >= 0.3 is 12.1 Å². The largest absolute Gasteiger partial charge is 0.456 e. The maximum Gasteiger partial charge on any atom is 0.408 e. The highest BCUT2D eigenvalue weighted by atomic mass is 35.5. The molecular weight excluding hydrogens is 512 g/mol. The molecule has 0 aliphatic rings. The van der Waals surface area contributed by atoms with Gasteiger partial charge in [0.05, 0.1) is 5.56 Å². The number of carbonyl (C=O) groups is 3. The number of carbonyl (C=O) groups excluding carboxylic acids is 3. The number of ketones is 1. The van der Waals surface area contributed by atoms with Gasteiger partial charge in [0.25, 0.3) is 0 Å². The average Bonchev–Trinajstić information content (AvgIpc) is 2.63. The number of aryl methyl sites for hydroxylation is 1. The summed E-state index contributed by atoms with van der Waals surface area (Å²) < 4.78 is 45.9. The zero-order chi connectivity index (χ0) is 26.1.